The summed E-state index contributed by atoms with van der Waals surface area (Å²) in [5, 5.41) is 23.0. The zero-order valence-electron chi connectivity index (χ0n) is 18.8. The number of nitrogens with zero attached hydrogens (tertiary/aromatic N) is 4. The predicted molar refractivity (Wildman–Crippen MR) is 130 cm³/mol. The monoisotopic (exact) mass is 466 g/mol. The van der Waals surface area contributed by atoms with E-state index in [1.54, 1.807) is 14.0 Å². The van der Waals surface area contributed by atoms with Crippen molar-refractivity contribution < 1.29 is 4.79 Å². The number of hydrogen-bond donors (Lipinski definition) is 2. The Morgan fingerprint density at radius 2 is 2.00 bits per heavy atom. The van der Waals surface area contributed by atoms with Gasteiger partial charge in [0.1, 0.15) is 12.0 Å². The van der Waals surface area contributed by atoms with E-state index >= 15 is 0 Å². The van der Waals surface area contributed by atoms with Crippen LogP contribution in [0.4, 0.5) is 0 Å². The normalized spacial score (nSPS) is 20.7. The van der Waals surface area contributed by atoms with Gasteiger partial charge in [-0.1, -0.05) is 30.2 Å². The molecule has 1 aliphatic heterocycles. The van der Waals surface area contributed by atoms with Crippen LogP contribution in [-0.2, 0) is 10.2 Å². The van der Waals surface area contributed by atoms with Crippen molar-refractivity contribution in [3.63, 3.8) is 0 Å². The molecule has 0 radical (unpaired) electrons. The van der Waals surface area contributed by atoms with Gasteiger partial charge in [-0.25, -0.2) is 9.97 Å². The van der Waals surface area contributed by atoms with Gasteiger partial charge < -0.3 is 5.32 Å². The molecule has 3 aromatic rings. The molecule has 8 heteroatoms. The molecule has 0 bridgehead atoms. The number of thiophene rings is 1. The van der Waals surface area contributed by atoms with Crippen molar-refractivity contribution in [1.29, 1.82) is 10.7 Å². The predicted octanol–water partition coefficient (Wildman–Crippen LogP) is 3.95. The molecule has 0 unspecified atom stereocenters. The van der Waals surface area contributed by atoms with Crippen molar-refractivity contribution in [3.05, 3.63) is 69.8 Å². The summed E-state index contributed by atoms with van der Waals surface area (Å²) in [6, 6.07) is 13.7. The third kappa shape index (κ3) is 3.72. The van der Waals surface area contributed by atoms with Crippen LogP contribution >= 0.6 is 11.3 Å². The number of nitriles is 1. The molecule has 168 valence electrons. The first-order valence-corrected chi connectivity index (χ1v) is 11.8. The van der Waals surface area contributed by atoms with Gasteiger partial charge in [-0.15, -0.1) is 11.3 Å². The Kier molecular flexibility index (Phi) is 5.39. The maximum Gasteiger partial charge on any atom is 0.239 e. The topological polar surface area (TPSA) is 106 Å². The van der Waals surface area contributed by atoms with Crippen LogP contribution < -0.4 is 5.32 Å². The van der Waals surface area contributed by atoms with Crippen molar-refractivity contribution in [2.75, 3.05) is 7.05 Å². The maximum absolute atomic E-state index is 13.3. The first-order valence-electron chi connectivity index (χ1n) is 10.9. The van der Waals surface area contributed by atoms with Crippen molar-refractivity contribution >= 4 is 23.2 Å². The highest BCUT2D eigenvalue weighted by atomic mass is 32.1. The quantitative estimate of drug-likeness (QED) is 0.567. The number of benzene rings is 1. The molecule has 5 rings (SSSR count). The first kappa shape index (κ1) is 21.8. The Labute approximate surface area is 202 Å². The minimum Gasteiger partial charge on any atom is -0.347 e. The molecule has 3 heterocycles. The number of aromatic nitrogens is 2. The highest BCUT2D eigenvalue weighted by Gasteiger charge is 2.45. The van der Waals surface area contributed by atoms with Gasteiger partial charge in [0.2, 0.25) is 5.91 Å². The second kappa shape index (κ2) is 8.40. The second-order valence-corrected chi connectivity index (χ2v) is 9.51. The molecule has 1 aromatic carbocycles. The van der Waals surface area contributed by atoms with Gasteiger partial charge in [-0.3, -0.25) is 15.1 Å². The average molecular weight is 467 g/mol. The van der Waals surface area contributed by atoms with Crippen molar-refractivity contribution in [2.45, 2.75) is 37.1 Å². The summed E-state index contributed by atoms with van der Waals surface area (Å²) in [5.74, 6) is 5.23. The molecule has 34 heavy (non-hydrogen) atoms. The summed E-state index contributed by atoms with van der Waals surface area (Å²) in [6.45, 7) is 1.76. The lowest BCUT2D eigenvalue weighted by molar-refractivity contribution is -0.130. The number of carbonyl (C=O) groups excluding carboxylic acids is 1. The van der Waals surface area contributed by atoms with E-state index in [2.05, 4.69) is 33.2 Å². The molecule has 1 saturated heterocycles. The summed E-state index contributed by atoms with van der Waals surface area (Å²) in [4.78, 5) is 24.2. The third-order valence-corrected chi connectivity index (χ3v) is 7.50. The summed E-state index contributed by atoms with van der Waals surface area (Å²) in [5.41, 5.74) is 3.82. The Hall–Kier alpha value is -4.01. The molecule has 1 aliphatic carbocycles. The minimum atomic E-state index is -0.496. The van der Waals surface area contributed by atoms with Crippen LogP contribution in [0.3, 0.4) is 0 Å². The Morgan fingerprint density at radius 3 is 2.68 bits per heavy atom. The Bertz CT molecular complexity index is 1390. The second-order valence-electron chi connectivity index (χ2n) is 8.56. The molecule has 2 aliphatic rings. The van der Waals surface area contributed by atoms with Crippen LogP contribution in [0.2, 0.25) is 0 Å². The van der Waals surface area contributed by atoms with E-state index < -0.39 is 5.92 Å². The van der Waals surface area contributed by atoms with Gasteiger partial charge in [0.25, 0.3) is 0 Å². The van der Waals surface area contributed by atoms with Gasteiger partial charge in [-0.2, -0.15) is 5.26 Å². The molecule has 2 atom stereocenters. The van der Waals surface area contributed by atoms with Crippen LogP contribution in [0, 0.1) is 28.6 Å². The number of rotatable bonds is 4. The van der Waals surface area contributed by atoms with E-state index in [-0.39, 0.29) is 23.3 Å². The van der Waals surface area contributed by atoms with E-state index in [0.717, 1.165) is 40.1 Å². The van der Waals surface area contributed by atoms with Crippen LogP contribution in [-0.4, -0.2) is 33.8 Å². The Morgan fingerprint density at radius 1 is 1.24 bits per heavy atom. The smallest absolute Gasteiger partial charge is 0.239 e. The highest BCUT2D eigenvalue weighted by Crippen LogP contribution is 2.48. The number of nitrogens with one attached hydrogen (secondary N) is 2. The first-order chi connectivity index (χ1) is 16.5. The highest BCUT2D eigenvalue weighted by molar-refractivity contribution is 7.10. The van der Waals surface area contributed by atoms with Crippen LogP contribution in [0.15, 0.2) is 48.1 Å². The van der Waals surface area contributed by atoms with Gasteiger partial charge in [0, 0.05) is 22.9 Å². The lowest BCUT2D eigenvalue weighted by atomic mass is 9.85. The number of carbonyl (C=O) groups is 1. The van der Waals surface area contributed by atoms with E-state index in [1.807, 2.05) is 41.8 Å². The molecular weight excluding hydrogens is 444 g/mol. The van der Waals surface area contributed by atoms with Crippen molar-refractivity contribution in [1.82, 2.24) is 20.2 Å². The van der Waals surface area contributed by atoms with Gasteiger partial charge in [0.15, 0.2) is 5.96 Å². The largest absolute Gasteiger partial charge is 0.347 e. The number of likely N-dealkylation sites (N-methyl/N-ethyl adjacent to an activating group) is 1. The average Bonchev–Trinajstić information content (AvgIpc) is 3.50. The van der Waals surface area contributed by atoms with Crippen LogP contribution in [0.1, 0.15) is 53.4 Å². The summed E-state index contributed by atoms with van der Waals surface area (Å²) in [6.07, 6.45) is 3.25. The lowest BCUT2D eigenvalue weighted by Crippen LogP contribution is -2.53. The molecule has 7 nitrogen and oxygen atoms in total. The molecule has 2 aromatic heterocycles. The minimum absolute atomic E-state index is 0.0711. The molecule has 1 amide bonds. The zero-order valence-corrected chi connectivity index (χ0v) is 19.6. The standard InChI is InChI=1S/C26H22N6OS/c1-3-4-19-12-20(30-15-29-19)17-11-21(34-13-17)23-22(24(33)32(2)25(28)31-23)16-5-7-18(8-6-16)26(14-27)9-10-26/h5-8,11-13,15,22-23H,9-10H2,1-2H3,(H2,28,31)/t22-,23+/m0/s1. The molecular formula is C26H22N6OS. The fourth-order valence-electron chi connectivity index (χ4n) is 4.32. The fourth-order valence-corrected chi connectivity index (χ4v) is 5.31. The Balaban J connectivity index is 1.50. The van der Waals surface area contributed by atoms with Crippen LogP contribution in [0.5, 0.6) is 0 Å². The van der Waals surface area contributed by atoms with Gasteiger partial charge in [-0.05, 0) is 48.9 Å². The van der Waals surface area contributed by atoms with E-state index in [4.69, 9.17) is 5.41 Å². The summed E-state index contributed by atoms with van der Waals surface area (Å²) < 4.78 is 0. The van der Waals surface area contributed by atoms with Crippen molar-refractivity contribution in [3.8, 4) is 29.2 Å². The summed E-state index contributed by atoms with van der Waals surface area (Å²) >= 11 is 1.53. The molecule has 0 spiro atoms. The molecule has 2 fully saturated rings. The van der Waals surface area contributed by atoms with Gasteiger partial charge in [0.05, 0.1) is 29.1 Å². The maximum atomic E-state index is 13.3. The zero-order chi connectivity index (χ0) is 23.9. The lowest BCUT2D eigenvalue weighted by Gasteiger charge is -2.37. The van der Waals surface area contributed by atoms with Gasteiger partial charge >= 0.3 is 0 Å². The summed E-state index contributed by atoms with van der Waals surface area (Å²) in [7, 11) is 1.61. The fraction of sp³-hybridized carbons (Fsp3) is 0.269. The van der Waals surface area contributed by atoms with E-state index in [1.165, 1.54) is 22.6 Å². The van der Waals surface area contributed by atoms with E-state index in [0.29, 0.717) is 5.69 Å². The van der Waals surface area contributed by atoms with E-state index in [9.17, 15) is 10.1 Å². The number of hydrogen-bond acceptors (Lipinski definition) is 6. The van der Waals surface area contributed by atoms with Crippen LogP contribution in [0.25, 0.3) is 11.3 Å². The van der Waals surface area contributed by atoms with Crippen molar-refractivity contribution in [2.24, 2.45) is 0 Å². The third-order valence-electron chi connectivity index (χ3n) is 6.49. The molecule has 2 N–H and O–H groups in total. The number of guanidine groups is 1. The number of amides is 1. The molecule has 1 saturated carbocycles. The SMILES string of the molecule is CC#Cc1cc(-c2csc([C@H]3NC(=N)N(C)C(=O)[C@H]3c3ccc(C4(C#N)CC4)cc3)c2)ncn1.